The van der Waals surface area contributed by atoms with E-state index in [1.165, 1.54) is 7.11 Å². The Labute approximate surface area is 139 Å². The lowest BCUT2D eigenvalue weighted by Gasteiger charge is -2.10. The molecule has 0 aliphatic heterocycles. The number of aryl methyl sites for hydroxylation is 1. The largest absolute Gasteiger partial charge is 0.465 e. The van der Waals surface area contributed by atoms with Gasteiger partial charge in [0.1, 0.15) is 0 Å². The van der Waals surface area contributed by atoms with Crippen LogP contribution in [0.1, 0.15) is 21.5 Å². The number of carbonyl (C=O) groups is 1. The molecular weight excluding hydrogens is 402 g/mol. The molecule has 0 aliphatic rings. The fraction of sp³-hybridized carbons (Fsp3) is 0.200. The summed E-state index contributed by atoms with van der Waals surface area (Å²) in [6.45, 7) is 2.19. The predicted octanol–water partition coefficient (Wildman–Crippen LogP) is 3.52. The Balaban J connectivity index is 2.37. The number of aromatic nitrogens is 1. The zero-order valence-electron chi connectivity index (χ0n) is 11.5. The molecule has 110 valence electrons. The highest BCUT2D eigenvalue weighted by atomic mass is 79.9. The minimum Gasteiger partial charge on any atom is -0.465 e. The van der Waals surface area contributed by atoms with E-state index in [1.54, 1.807) is 42.0 Å². The summed E-state index contributed by atoms with van der Waals surface area (Å²) in [6.07, 6.45) is 1.75. The highest BCUT2D eigenvalue weighted by Crippen LogP contribution is 2.20. The maximum atomic E-state index is 12.1. The van der Waals surface area contributed by atoms with Gasteiger partial charge in [-0.3, -0.25) is 4.79 Å². The maximum absolute atomic E-state index is 12.1. The molecule has 4 nitrogen and oxygen atoms in total. The number of hydrogen-bond acceptors (Lipinski definition) is 3. The molecule has 0 unspecified atom stereocenters. The van der Waals surface area contributed by atoms with Crippen molar-refractivity contribution < 1.29 is 9.53 Å². The molecule has 1 aromatic carbocycles. The van der Waals surface area contributed by atoms with Gasteiger partial charge in [0.2, 0.25) is 0 Å². The second-order valence-electron chi connectivity index (χ2n) is 4.57. The van der Waals surface area contributed by atoms with Crippen molar-refractivity contribution in [1.29, 1.82) is 0 Å². The Morgan fingerprint density at radius 2 is 2.00 bits per heavy atom. The third-order valence-electron chi connectivity index (χ3n) is 3.05. The first-order chi connectivity index (χ1) is 9.92. The van der Waals surface area contributed by atoms with E-state index < -0.39 is 5.97 Å². The molecule has 0 saturated carbocycles. The highest BCUT2D eigenvalue weighted by Gasteiger charge is 2.10. The monoisotopic (exact) mass is 413 g/mol. The number of hydrogen-bond donors (Lipinski definition) is 0. The number of benzene rings is 1. The molecule has 1 heterocycles. The predicted molar refractivity (Wildman–Crippen MR) is 87.7 cm³/mol. The van der Waals surface area contributed by atoms with Crippen LogP contribution in [0.3, 0.4) is 0 Å². The van der Waals surface area contributed by atoms with Crippen molar-refractivity contribution in [2.45, 2.75) is 13.5 Å². The topological polar surface area (TPSA) is 48.3 Å². The molecule has 0 atom stereocenters. The van der Waals surface area contributed by atoms with Crippen molar-refractivity contribution in [2.75, 3.05) is 7.11 Å². The molecule has 2 aromatic rings. The lowest BCUT2D eigenvalue weighted by molar-refractivity contribution is 0.0600. The van der Waals surface area contributed by atoms with Gasteiger partial charge in [0.25, 0.3) is 5.56 Å². The zero-order chi connectivity index (χ0) is 15.6. The average Bonchev–Trinajstić information content (AvgIpc) is 2.45. The lowest BCUT2D eigenvalue weighted by atomic mass is 10.1. The summed E-state index contributed by atoms with van der Waals surface area (Å²) in [5, 5.41) is 0. The van der Waals surface area contributed by atoms with Crippen molar-refractivity contribution in [2.24, 2.45) is 0 Å². The number of ether oxygens (including phenoxy) is 1. The molecule has 21 heavy (non-hydrogen) atoms. The van der Waals surface area contributed by atoms with Crippen LogP contribution in [0.5, 0.6) is 0 Å². The smallest absolute Gasteiger partial charge is 0.337 e. The quantitative estimate of drug-likeness (QED) is 0.722. The van der Waals surface area contributed by atoms with E-state index in [0.717, 1.165) is 14.5 Å². The summed E-state index contributed by atoms with van der Waals surface area (Å²) in [4.78, 5) is 23.6. The second-order valence-corrected chi connectivity index (χ2v) is 6.34. The molecule has 0 spiro atoms. The molecule has 0 fully saturated rings. The molecule has 0 saturated heterocycles. The first-order valence-electron chi connectivity index (χ1n) is 6.15. The van der Waals surface area contributed by atoms with Gasteiger partial charge in [-0.1, -0.05) is 22.0 Å². The standard InChI is InChI=1S/C15H13Br2NO3/c1-9-5-12(16)8-18(14(9)19)7-11-4-3-10(6-13(11)17)15(20)21-2/h3-6,8H,7H2,1-2H3. The van der Waals surface area contributed by atoms with Gasteiger partial charge >= 0.3 is 5.97 Å². The van der Waals surface area contributed by atoms with E-state index in [4.69, 9.17) is 0 Å². The van der Waals surface area contributed by atoms with Crippen molar-refractivity contribution >= 4 is 37.8 Å². The molecule has 0 aliphatic carbocycles. The van der Waals surface area contributed by atoms with Gasteiger partial charge in [-0.05, 0) is 46.6 Å². The van der Waals surface area contributed by atoms with E-state index in [2.05, 4.69) is 36.6 Å². The van der Waals surface area contributed by atoms with Gasteiger partial charge in [-0.2, -0.15) is 0 Å². The highest BCUT2D eigenvalue weighted by molar-refractivity contribution is 9.10. The molecule has 2 rings (SSSR count). The van der Waals surface area contributed by atoms with E-state index in [1.807, 2.05) is 0 Å². The normalized spacial score (nSPS) is 10.5. The summed E-state index contributed by atoms with van der Waals surface area (Å²) < 4.78 is 7.91. The van der Waals surface area contributed by atoms with Crippen LogP contribution in [-0.2, 0) is 11.3 Å². The summed E-state index contributed by atoms with van der Waals surface area (Å²) in [5.74, 6) is -0.391. The van der Waals surface area contributed by atoms with Gasteiger partial charge in [0.15, 0.2) is 0 Å². The van der Waals surface area contributed by atoms with Crippen LogP contribution in [0, 0.1) is 6.92 Å². The molecule has 1 aromatic heterocycles. The van der Waals surface area contributed by atoms with Crippen molar-refractivity contribution in [1.82, 2.24) is 4.57 Å². The van der Waals surface area contributed by atoms with Crippen LogP contribution in [0.2, 0.25) is 0 Å². The SMILES string of the molecule is COC(=O)c1ccc(Cn2cc(Br)cc(C)c2=O)c(Br)c1. The Bertz CT molecular complexity index is 753. The van der Waals surface area contributed by atoms with Crippen LogP contribution in [0.25, 0.3) is 0 Å². The number of carbonyl (C=O) groups excluding carboxylic acids is 1. The number of nitrogens with zero attached hydrogens (tertiary/aromatic N) is 1. The fourth-order valence-corrected chi connectivity index (χ4v) is 3.06. The number of methoxy groups -OCH3 is 1. The second kappa shape index (κ2) is 6.58. The van der Waals surface area contributed by atoms with Gasteiger partial charge in [0.05, 0.1) is 19.2 Å². The van der Waals surface area contributed by atoms with Crippen molar-refractivity contribution in [3.63, 3.8) is 0 Å². The van der Waals surface area contributed by atoms with Crippen molar-refractivity contribution in [3.8, 4) is 0 Å². The first kappa shape index (κ1) is 16.0. The Hall–Kier alpha value is -1.40. The van der Waals surface area contributed by atoms with Crippen LogP contribution >= 0.6 is 31.9 Å². The summed E-state index contributed by atoms with van der Waals surface area (Å²) in [6, 6.07) is 6.96. The first-order valence-corrected chi connectivity index (χ1v) is 7.74. The van der Waals surface area contributed by atoms with Gasteiger partial charge < -0.3 is 9.30 Å². The Morgan fingerprint density at radius 3 is 2.62 bits per heavy atom. The minimum absolute atomic E-state index is 0.0397. The third kappa shape index (κ3) is 3.63. The van der Waals surface area contributed by atoms with Crippen LogP contribution in [0.15, 0.2) is 44.2 Å². The van der Waals surface area contributed by atoms with Gasteiger partial charge in [-0.25, -0.2) is 4.79 Å². The molecule has 0 bridgehead atoms. The number of esters is 1. The number of halogens is 2. The van der Waals surface area contributed by atoms with Crippen LogP contribution in [-0.4, -0.2) is 17.6 Å². The van der Waals surface area contributed by atoms with Gasteiger partial charge in [0, 0.05) is 20.7 Å². The fourth-order valence-electron chi connectivity index (χ4n) is 1.96. The van der Waals surface area contributed by atoms with E-state index >= 15 is 0 Å². The molecule has 0 radical (unpaired) electrons. The van der Waals surface area contributed by atoms with Crippen LogP contribution < -0.4 is 5.56 Å². The summed E-state index contributed by atoms with van der Waals surface area (Å²) in [7, 11) is 1.34. The van der Waals surface area contributed by atoms with E-state index in [9.17, 15) is 9.59 Å². The average molecular weight is 415 g/mol. The molecular formula is C15H13Br2NO3. The minimum atomic E-state index is -0.391. The molecule has 0 amide bonds. The maximum Gasteiger partial charge on any atom is 0.337 e. The molecule has 0 N–H and O–H groups in total. The van der Waals surface area contributed by atoms with Crippen molar-refractivity contribution in [3.05, 3.63) is 66.5 Å². The summed E-state index contributed by atoms with van der Waals surface area (Å²) >= 11 is 6.82. The Kier molecular flexibility index (Phi) is 5.00. The zero-order valence-corrected chi connectivity index (χ0v) is 14.7. The number of rotatable bonds is 3. The van der Waals surface area contributed by atoms with Crippen LogP contribution in [0.4, 0.5) is 0 Å². The summed E-state index contributed by atoms with van der Waals surface area (Å²) in [5.41, 5.74) is 2.00. The van der Waals surface area contributed by atoms with Gasteiger partial charge in [-0.15, -0.1) is 0 Å². The Morgan fingerprint density at radius 1 is 1.29 bits per heavy atom. The lowest BCUT2D eigenvalue weighted by Crippen LogP contribution is -2.22. The third-order valence-corrected chi connectivity index (χ3v) is 4.22. The van der Waals surface area contributed by atoms with E-state index in [0.29, 0.717) is 17.7 Å². The molecule has 6 heteroatoms. The van der Waals surface area contributed by atoms with E-state index in [-0.39, 0.29) is 5.56 Å². The number of pyridine rings is 1.